The monoisotopic (exact) mass is 240 g/mol. The summed E-state index contributed by atoms with van der Waals surface area (Å²) >= 11 is 5.80. The standard InChI is InChI=1S/C11H13ClN2O2/c1-11(3-2-4-16-11)9(15)8-5-7(12)6-14-10(8)13/h5-6H,2-4H2,1H3,(H2,13,14). The molecule has 1 unspecified atom stereocenters. The van der Waals surface area contributed by atoms with Crippen molar-refractivity contribution in [3.63, 3.8) is 0 Å². The van der Waals surface area contributed by atoms with Crippen molar-refractivity contribution in [1.82, 2.24) is 4.98 Å². The Morgan fingerprint density at radius 2 is 2.44 bits per heavy atom. The zero-order valence-corrected chi connectivity index (χ0v) is 9.75. The van der Waals surface area contributed by atoms with Crippen molar-refractivity contribution in [3.8, 4) is 0 Å². The molecule has 0 aliphatic carbocycles. The molecular formula is C11H13ClN2O2. The average molecular weight is 241 g/mol. The molecular weight excluding hydrogens is 228 g/mol. The van der Waals surface area contributed by atoms with Gasteiger partial charge in [0, 0.05) is 12.8 Å². The number of ketones is 1. The van der Waals surface area contributed by atoms with E-state index in [-0.39, 0.29) is 11.6 Å². The van der Waals surface area contributed by atoms with Gasteiger partial charge in [0.25, 0.3) is 0 Å². The first-order chi connectivity index (χ1) is 7.53. The molecule has 0 bridgehead atoms. The first-order valence-electron chi connectivity index (χ1n) is 5.13. The van der Waals surface area contributed by atoms with E-state index in [0.29, 0.717) is 23.6 Å². The lowest BCUT2D eigenvalue weighted by Crippen LogP contribution is -2.35. The molecule has 16 heavy (non-hydrogen) atoms. The van der Waals surface area contributed by atoms with E-state index in [2.05, 4.69) is 4.98 Å². The molecule has 4 nitrogen and oxygen atoms in total. The van der Waals surface area contributed by atoms with Crippen LogP contribution < -0.4 is 5.73 Å². The summed E-state index contributed by atoms with van der Waals surface area (Å²) < 4.78 is 5.48. The summed E-state index contributed by atoms with van der Waals surface area (Å²) in [7, 11) is 0. The summed E-state index contributed by atoms with van der Waals surface area (Å²) in [4.78, 5) is 16.1. The smallest absolute Gasteiger partial charge is 0.198 e. The number of nitrogens with zero attached hydrogens (tertiary/aromatic N) is 1. The maximum atomic E-state index is 12.2. The predicted molar refractivity (Wildman–Crippen MR) is 61.6 cm³/mol. The van der Waals surface area contributed by atoms with Gasteiger partial charge in [0.05, 0.1) is 10.6 Å². The molecule has 5 heteroatoms. The van der Waals surface area contributed by atoms with E-state index in [1.54, 1.807) is 13.0 Å². The van der Waals surface area contributed by atoms with Crippen LogP contribution in [0.3, 0.4) is 0 Å². The van der Waals surface area contributed by atoms with E-state index in [1.807, 2.05) is 0 Å². The van der Waals surface area contributed by atoms with Crippen LogP contribution in [-0.4, -0.2) is 23.0 Å². The number of carbonyl (C=O) groups is 1. The second-order valence-corrected chi connectivity index (χ2v) is 4.53. The first kappa shape index (κ1) is 11.4. The third-order valence-electron chi connectivity index (χ3n) is 2.83. The van der Waals surface area contributed by atoms with Crippen LogP contribution in [0.1, 0.15) is 30.1 Å². The molecule has 1 saturated heterocycles. The van der Waals surface area contributed by atoms with Crippen LogP contribution in [0.5, 0.6) is 0 Å². The fourth-order valence-corrected chi connectivity index (χ4v) is 2.03. The van der Waals surface area contributed by atoms with Gasteiger partial charge in [-0.3, -0.25) is 4.79 Å². The molecule has 86 valence electrons. The summed E-state index contributed by atoms with van der Waals surface area (Å²) in [5.74, 6) is 0.0589. The van der Waals surface area contributed by atoms with Gasteiger partial charge < -0.3 is 10.5 Å². The largest absolute Gasteiger partial charge is 0.383 e. The Balaban J connectivity index is 2.36. The van der Waals surface area contributed by atoms with Gasteiger partial charge in [0.1, 0.15) is 11.4 Å². The molecule has 0 saturated carbocycles. The number of anilines is 1. The van der Waals surface area contributed by atoms with Crippen LogP contribution in [0.4, 0.5) is 5.82 Å². The molecule has 0 aromatic carbocycles. The number of Topliss-reactive ketones (excluding diaryl/α,β-unsaturated/α-hetero) is 1. The van der Waals surface area contributed by atoms with E-state index >= 15 is 0 Å². The normalized spacial score (nSPS) is 24.6. The zero-order valence-electron chi connectivity index (χ0n) is 9.00. The molecule has 2 rings (SSSR count). The molecule has 1 aromatic rings. The maximum Gasteiger partial charge on any atom is 0.198 e. The van der Waals surface area contributed by atoms with Gasteiger partial charge in [0.2, 0.25) is 0 Å². The first-order valence-corrected chi connectivity index (χ1v) is 5.50. The molecule has 0 radical (unpaired) electrons. The summed E-state index contributed by atoms with van der Waals surface area (Å²) in [6, 6.07) is 1.54. The van der Waals surface area contributed by atoms with E-state index < -0.39 is 5.60 Å². The van der Waals surface area contributed by atoms with Gasteiger partial charge in [0.15, 0.2) is 5.78 Å². The number of nitrogens with two attached hydrogens (primary N) is 1. The minimum atomic E-state index is -0.777. The number of pyridine rings is 1. The zero-order chi connectivity index (χ0) is 11.8. The fraction of sp³-hybridized carbons (Fsp3) is 0.455. The van der Waals surface area contributed by atoms with Crippen molar-refractivity contribution in [2.75, 3.05) is 12.3 Å². The maximum absolute atomic E-state index is 12.2. The molecule has 2 N–H and O–H groups in total. The van der Waals surface area contributed by atoms with Gasteiger partial charge in [-0.25, -0.2) is 4.98 Å². The second-order valence-electron chi connectivity index (χ2n) is 4.10. The summed E-state index contributed by atoms with van der Waals surface area (Å²) in [5.41, 5.74) is 5.24. The molecule has 1 aromatic heterocycles. The average Bonchev–Trinajstić information content (AvgIpc) is 2.69. The number of halogens is 1. The Morgan fingerprint density at radius 3 is 3.06 bits per heavy atom. The summed E-state index contributed by atoms with van der Waals surface area (Å²) in [6.45, 7) is 2.39. The Kier molecular flexibility index (Phi) is 2.86. The minimum Gasteiger partial charge on any atom is -0.383 e. The summed E-state index contributed by atoms with van der Waals surface area (Å²) in [6.07, 6.45) is 3.01. The lowest BCUT2D eigenvalue weighted by atomic mass is 9.92. The predicted octanol–water partition coefficient (Wildman–Crippen LogP) is 2.07. The molecule has 1 fully saturated rings. The van der Waals surface area contributed by atoms with Crippen molar-refractivity contribution < 1.29 is 9.53 Å². The number of aromatic nitrogens is 1. The third kappa shape index (κ3) is 1.90. The second kappa shape index (κ2) is 4.03. The Hall–Kier alpha value is -1.13. The number of nitrogen functional groups attached to an aromatic ring is 1. The van der Waals surface area contributed by atoms with Crippen molar-refractivity contribution in [2.24, 2.45) is 0 Å². The highest BCUT2D eigenvalue weighted by atomic mass is 35.5. The number of hydrogen-bond donors (Lipinski definition) is 1. The highest BCUT2D eigenvalue weighted by Gasteiger charge is 2.39. The number of hydrogen-bond acceptors (Lipinski definition) is 4. The SMILES string of the molecule is CC1(C(=O)c2cc(Cl)cnc2N)CCCO1. The van der Waals surface area contributed by atoms with Gasteiger partial charge in [-0.05, 0) is 25.8 Å². The Bertz CT molecular complexity index is 428. The van der Waals surface area contributed by atoms with E-state index in [1.165, 1.54) is 6.20 Å². The molecule has 1 atom stereocenters. The van der Waals surface area contributed by atoms with Crippen molar-refractivity contribution in [2.45, 2.75) is 25.4 Å². The molecule has 0 amide bonds. The van der Waals surface area contributed by atoms with E-state index in [0.717, 1.165) is 6.42 Å². The van der Waals surface area contributed by atoms with Crippen LogP contribution in [0, 0.1) is 0 Å². The number of ether oxygens (including phenoxy) is 1. The van der Waals surface area contributed by atoms with Crippen molar-refractivity contribution in [3.05, 3.63) is 22.8 Å². The molecule has 1 aliphatic rings. The van der Waals surface area contributed by atoms with E-state index in [9.17, 15) is 4.79 Å². The van der Waals surface area contributed by atoms with Gasteiger partial charge >= 0.3 is 0 Å². The van der Waals surface area contributed by atoms with Crippen molar-refractivity contribution in [1.29, 1.82) is 0 Å². The lowest BCUT2D eigenvalue weighted by molar-refractivity contribution is 0.0214. The van der Waals surface area contributed by atoms with Crippen molar-refractivity contribution >= 4 is 23.2 Å². The number of carbonyl (C=O) groups excluding carboxylic acids is 1. The highest BCUT2D eigenvalue weighted by molar-refractivity contribution is 6.31. The Morgan fingerprint density at radius 1 is 1.69 bits per heavy atom. The highest BCUT2D eigenvalue weighted by Crippen LogP contribution is 2.30. The van der Waals surface area contributed by atoms with Crippen LogP contribution in [-0.2, 0) is 4.74 Å². The topological polar surface area (TPSA) is 65.2 Å². The van der Waals surface area contributed by atoms with Crippen LogP contribution in [0.25, 0.3) is 0 Å². The Labute approximate surface area is 98.8 Å². The van der Waals surface area contributed by atoms with Crippen LogP contribution in [0.2, 0.25) is 5.02 Å². The van der Waals surface area contributed by atoms with Gasteiger partial charge in [-0.2, -0.15) is 0 Å². The quantitative estimate of drug-likeness (QED) is 0.804. The van der Waals surface area contributed by atoms with Gasteiger partial charge in [-0.15, -0.1) is 0 Å². The number of rotatable bonds is 2. The minimum absolute atomic E-state index is 0.141. The summed E-state index contributed by atoms with van der Waals surface area (Å²) in [5, 5.41) is 0.402. The molecule has 1 aliphatic heterocycles. The fourth-order valence-electron chi connectivity index (χ4n) is 1.87. The van der Waals surface area contributed by atoms with Crippen LogP contribution >= 0.6 is 11.6 Å². The lowest BCUT2D eigenvalue weighted by Gasteiger charge is -2.21. The molecule has 0 spiro atoms. The van der Waals surface area contributed by atoms with E-state index in [4.69, 9.17) is 22.1 Å². The molecule has 2 heterocycles. The van der Waals surface area contributed by atoms with Crippen LogP contribution in [0.15, 0.2) is 12.3 Å². The van der Waals surface area contributed by atoms with Gasteiger partial charge in [-0.1, -0.05) is 11.6 Å². The third-order valence-corrected chi connectivity index (χ3v) is 3.04.